The van der Waals surface area contributed by atoms with E-state index in [0.29, 0.717) is 11.3 Å². The van der Waals surface area contributed by atoms with Crippen LogP contribution in [0.2, 0.25) is 0 Å². The smallest absolute Gasteiger partial charge is 0.254 e. The van der Waals surface area contributed by atoms with Crippen LogP contribution in [0.15, 0.2) is 59.0 Å². The number of hydrogen-bond donors (Lipinski definition) is 1. The molecule has 5 heteroatoms. The second-order valence-electron chi connectivity index (χ2n) is 7.12. The molecule has 27 heavy (non-hydrogen) atoms. The van der Waals surface area contributed by atoms with Gasteiger partial charge in [0.25, 0.3) is 5.91 Å². The zero-order chi connectivity index (χ0) is 19.0. The SMILES string of the molecule is CC(c1cc2ccccc2o1)N(C)C(=O)c1cccc(NC(=O)C2CC2)c1. The fraction of sp³-hybridized carbons (Fsp3) is 0.273. The van der Waals surface area contributed by atoms with Gasteiger partial charge < -0.3 is 14.6 Å². The second kappa shape index (κ2) is 6.91. The van der Waals surface area contributed by atoms with Crippen LogP contribution in [0.3, 0.4) is 0 Å². The van der Waals surface area contributed by atoms with Crippen molar-refractivity contribution in [3.05, 3.63) is 65.9 Å². The van der Waals surface area contributed by atoms with Crippen LogP contribution < -0.4 is 5.32 Å². The summed E-state index contributed by atoms with van der Waals surface area (Å²) in [7, 11) is 1.76. The summed E-state index contributed by atoms with van der Waals surface area (Å²) in [6, 6.07) is 16.6. The predicted molar refractivity (Wildman–Crippen MR) is 105 cm³/mol. The van der Waals surface area contributed by atoms with Gasteiger partial charge in [0, 0.05) is 29.6 Å². The second-order valence-corrected chi connectivity index (χ2v) is 7.12. The normalized spacial score (nSPS) is 14.7. The average molecular weight is 362 g/mol. The van der Waals surface area contributed by atoms with Gasteiger partial charge in [-0.2, -0.15) is 0 Å². The van der Waals surface area contributed by atoms with Gasteiger partial charge in [-0.25, -0.2) is 0 Å². The minimum absolute atomic E-state index is 0.0311. The molecular weight excluding hydrogens is 340 g/mol. The number of para-hydroxylation sites is 1. The Morgan fingerprint density at radius 3 is 2.63 bits per heavy atom. The number of benzene rings is 2. The maximum absolute atomic E-state index is 12.9. The Labute approximate surface area is 158 Å². The van der Waals surface area contributed by atoms with Gasteiger partial charge in [-0.05, 0) is 50.1 Å². The molecule has 2 aromatic carbocycles. The third-order valence-corrected chi connectivity index (χ3v) is 5.08. The van der Waals surface area contributed by atoms with E-state index < -0.39 is 0 Å². The number of carbonyl (C=O) groups excluding carboxylic acids is 2. The molecule has 138 valence electrons. The predicted octanol–water partition coefficient (Wildman–Crippen LogP) is 4.61. The van der Waals surface area contributed by atoms with Gasteiger partial charge in [0.2, 0.25) is 5.91 Å². The van der Waals surface area contributed by atoms with Crippen molar-refractivity contribution in [2.24, 2.45) is 5.92 Å². The highest BCUT2D eigenvalue weighted by Gasteiger charge is 2.29. The van der Waals surface area contributed by atoms with E-state index in [1.807, 2.05) is 37.3 Å². The Morgan fingerprint density at radius 2 is 1.89 bits per heavy atom. The van der Waals surface area contributed by atoms with Gasteiger partial charge in [0.15, 0.2) is 0 Å². The van der Waals surface area contributed by atoms with E-state index in [-0.39, 0.29) is 23.8 Å². The van der Waals surface area contributed by atoms with Crippen molar-refractivity contribution in [3.63, 3.8) is 0 Å². The topological polar surface area (TPSA) is 62.6 Å². The Bertz CT molecular complexity index is 970. The number of nitrogens with one attached hydrogen (secondary N) is 1. The molecule has 0 saturated heterocycles. The molecule has 0 spiro atoms. The molecule has 1 aromatic heterocycles. The van der Waals surface area contributed by atoms with Gasteiger partial charge in [-0.1, -0.05) is 24.3 Å². The Hall–Kier alpha value is -3.08. The van der Waals surface area contributed by atoms with Crippen LogP contribution in [0.25, 0.3) is 11.0 Å². The van der Waals surface area contributed by atoms with Crippen LogP contribution in [0.5, 0.6) is 0 Å². The highest BCUT2D eigenvalue weighted by atomic mass is 16.3. The van der Waals surface area contributed by atoms with Crippen molar-refractivity contribution < 1.29 is 14.0 Å². The summed E-state index contributed by atoms with van der Waals surface area (Å²) < 4.78 is 5.90. The number of nitrogens with zero attached hydrogens (tertiary/aromatic N) is 1. The van der Waals surface area contributed by atoms with E-state index in [4.69, 9.17) is 4.42 Å². The zero-order valence-corrected chi connectivity index (χ0v) is 15.4. The molecule has 0 bridgehead atoms. The molecule has 2 amide bonds. The highest BCUT2D eigenvalue weighted by Crippen LogP contribution is 2.31. The molecule has 5 nitrogen and oxygen atoms in total. The van der Waals surface area contributed by atoms with Crippen molar-refractivity contribution in [2.75, 3.05) is 12.4 Å². The van der Waals surface area contributed by atoms with E-state index in [0.717, 1.165) is 29.6 Å². The van der Waals surface area contributed by atoms with Crippen LogP contribution in [-0.2, 0) is 4.79 Å². The van der Waals surface area contributed by atoms with Crippen molar-refractivity contribution in [1.82, 2.24) is 4.90 Å². The number of furan rings is 1. The van der Waals surface area contributed by atoms with Crippen molar-refractivity contribution >= 4 is 28.5 Å². The van der Waals surface area contributed by atoms with E-state index in [9.17, 15) is 9.59 Å². The lowest BCUT2D eigenvalue weighted by Crippen LogP contribution is -2.29. The molecule has 1 saturated carbocycles. The number of carbonyl (C=O) groups is 2. The number of fused-ring (bicyclic) bond motifs is 1. The first-order chi connectivity index (χ1) is 13.0. The van der Waals surface area contributed by atoms with Gasteiger partial charge in [0.05, 0.1) is 6.04 Å². The molecule has 1 unspecified atom stereocenters. The standard InChI is InChI=1S/C22H22N2O3/c1-14(20-13-16-6-3-4-9-19(16)27-20)24(2)22(26)17-7-5-8-18(12-17)23-21(25)15-10-11-15/h3-9,12-15H,10-11H2,1-2H3,(H,23,25). The quantitative estimate of drug-likeness (QED) is 0.721. The van der Waals surface area contributed by atoms with Crippen LogP contribution in [0.4, 0.5) is 5.69 Å². The lowest BCUT2D eigenvalue weighted by molar-refractivity contribution is -0.117. The zero-order valence-electron chi connectivity index (χ0n) is 15.4. The minimum atomic E-state index is -0.213. The number of hydrogen-bond acceptors (Lipinski definition) is 3. The van der Waals surface area contributed by atoms with Gasteiger partial charge in [-0.3, -0.25) is 9.59 Å². The highest BCUT2D eigenvalue weighted by molar-refractivity contribution is 5.98. The first-order valence-electron chi connectivity index (χ1n) is 9.19. The summed E-state index contributed by atoms with van der Waals surface area (Å²) in [5, 5.41) is 3.91. The first-order valence-corrected chi connectivity index (χ1v) is 9.19. The molecule has 3 aromatic rings. The van der Waals surface area contributed by atoms with E-state index in [2.05, 4.69) is 5.32 Å². The summed E-state index contributed by atoms with van der Waals surface area (Å²) >= 11 is 0. The minimum Gasteiger partial charge on any atom is -0.459 e. The van der Waals surface area contributed by atoms with E-state index in [1.54, 1.807) is 36.2 Å². The summed E-state index contributed by atoms with van der Waals surface area (Å²) in [6.07, 6.45) is 1.89. The maximum atomic E-state index is 12.9. The average Bonchev–Trinajstić information content (AvgIpc) is 3.45. The molecule has 4 rings (SSSR count). The Morgan fingerprint density at radius 1 is 1.11 bits per heavy atom. The first kappa shape index (κ1) is 17.3. The molecule has 1 atom stereocenters. The summed E-state index contributed by atoms with van der Waals surface area (Å²) in [6.45, 7) is 1.94. The number of anilines is 1. The third-order valence-electron chi connectivity index (χ3n) is 5.08. The lowest BCUT2D eigenvalue weighted by atomic mass is 10.1. The molecule has 1 N–H and O–H groups in total. The molecule has 0 aliphatic heterocycles. The molecule has 1 heterocycles. The lowest BCUT2D eigenvalue weighted by Gasteiger charge is -2.23. The van der Waals surface area contributed by atoms with Crippen LogP contribution in [0, 0.1) is 5.92 Å². The Balaban J connectivity index is 1.51. The third kappa shape index (κ3) is 3.58. The fourth-order valence-corrected chi connectivity index (χ4v) is 3.10. The van der Waals surface area contributed by atoms with Crippen molar-refractivity contribution in [1.29, 1.82) is 0 Å². The maximum Gasteiger partial charge on any atom is 0.254 e. The largest absolute Gasteiger partial charge is 0.459 e. The summed E-state index contributed by atoms with van der Waals surface area (Å²) in [5.74, 6) is 0.777. The van der Waals surface area contributed by atoms with Crippen molar-refractivity contribution in [3.8, 4) is 0 Å². The Kier molecular flexibility index (Phi) is 4.44. The number of rotatable bonds is 5. The molecule has 1 fully saturated rings. The van der Waals surface area contributed by atoms with E-state index in [1.165, 1.54) is 0 Å². The molecule has 1 aliphatic rings. The monoisotopic (exact) mass is 362 g/mol. The van der Waals surface area contributed by atoms with Crippen LogP contribution >= 0.6 is 0 Å². The fourth-order valence-electron chi connectivity index (χ4n) is 3.10. The van der Waals surface area contributed by atoms with Gasteiger partial charge in [0.1, 0.15) is 11.3 Å². The molecule has 1 aliphatic carbocycles. The summed E-state index contributed by atoms with van der Waals surface area (Å²) in [5.41, 5.74) is 2.00. The van der Waals surface area contributed by atoms with Gasteiger partial charge in [-0.15, -0.1) is 0 Å². The number of amides is 2. The molecule has 0 radical (unpaired) electrons. The van der Waals surface area contributed by atoms with Crippen LogP contribution in [-0.4, -0.2) is 23.8 Å². The van der Waals surface area contributed by atoms with Crippen LogP contribution in [0.1, 0.15) is 41.9 Å². The van der Waals surface area contributed by atoms with Crippen molar-refractivity contribution in [2.45, 2.75) is 25.8 Å². The molecular formula is C22H22N2O3. The van der Waals surface area contributed by atoms with Gasteiger partial charge >= 0.3 is 0 Å². The van der Waals surface area contributed by atoms with E-state index >= 15 is 0 Å². The summed E-state index contributed by atoms with van der Waals surface area (Å²) in [4.78, 5) is 26.5.